The van der Waals surface area contributed by atoms with E-state index in [9.17, 15) is 4.79 Å². The Hall–Kier alpha value is -1.32. The number of nitrogens with zero attached hydrogens (tertiary/aromatic N) is 2. The van der Waals surface area contributed by atoms with E-state index in [2.05, 4.69) is 16.7 Å². The first-order chi connectivity index (χ1) is 4.34. The van der Waals surface area contributed by atoms with E-state index in [1.807, 2.05) is 0 Å². The second-order valence-electron chi connectivity index (χ2n) is 1.56. The zero-order valence-electron chi connectivity index (χ0n) is 4.87. The summed E-state index contributed by atoms with van der Waals surface area (Å²) in [7, 11) is 0. The Morgan fingerprint density at radius 3 is 3.22 bits per heavy atom. The summed E-state index contributed by atoms with van der Waals surface area (Å²) < 4.78 is 1.28. The number of aromatic nitrogens is 3. The van der Waals surface area contributed by atoms with E-state index in [-0.39, 0.29) is 5.69 Å². The van der Waals surface area contributed by atoms with Gasteiger partial charge in [0.25, 0.3) is 0 Å². The third-order valence-electron chi connectivity index (χ3n) is 0.922. The van der Waals surface area contributed by atoms with Gasteiger partial charge in [-0.2, -0.15) is 5.10 Å². The number of allylic oxidation sites excluding steroid dienone is 1. The van der Waals surface area contributed by atoms with Crippen LogP contribution in [0.25, 0.3) is 0 Å². The Balaban J connectivity index is 2.93. The van der Waals surface area contributed by atoms with Crippen molar-refractivity contribution in [3.63, 3.8) is 0 Å². The molecule has 0 spiro atoms. The molecule has 0 radical (unpaired) electrons. The molecule has 0 aromatic carbocycles. The molecule has 1 N–H and O–H groups in total. The van der Waals surface area contributed by atoms with Gasteiger partial charge in [0.2, 0.25) is 0 Å². The van der Waals surface area contributed by atoms with Crippen molar-refractivity contribution in [3.8, 4) is 0 Å². The van der Waals surface area contributed by atoms with Gasteiger partial charge in [0.15, 0.2) is 0 Å². The minimum absolute atomic E-state index is 0.199. The second kappa shape index (κ2) is 2.30. The van der Waals surface area contributed by atoms with Gasteiger partial charge in [-0.3, -0.25) is 4.98 Å². The SMILES string of the molecule is C=CCn1nc[nH]c1=O. The predicted octanol–water partition coefficient (Wildman–Crippen LogP) is -0.243. The van der Waals surface area contributed by atoms with Crippen LogP contribution in [-0.4, -0.2) is 14.8 Å². The zero-order valence-corrected chi connectivity index (χ0v) is 4.87. The van der Waals surface area contributed by atoms with Crippen LogP contribution in [0, 0.1) is 0 Å². The van der Waals surface area contributed by atoms with Gasteiger partial charge in [0, 0.05) is 0 Å². The lowest BCUT2D eigenvalue weighted by Gasteiger charge is -1.86. The number of aromatic amines is 1. The van der Waals surface area contributed by atoms with E-state index < -0.39 is 0 Å². The molecule has 0 bridgehead atoms. The van der Waals surface area contributed by atoms with Crippen LogP contribution in [0.3, 0.4) is 0 Å². The van der Waals surface area contributed by atoms with E-state index in [0.29, 0.717) is 6.54 Å². The van der Waals surface area contributed by atoms with Crippen molar-refractivity contribution < 1.29 is 0 Å². The van der Waals surface area contributed by atoms with Crippen LogP contribution in [0.1, 0.15) is 0 Å². The third kappa shape index (κ3) is 1.07. The lowest BCUT2D eigenvalue weighted by Crippen LogP contribution is -2.16. The zero-order chi connectivity index (χ0) is 6.69. The van der Waals surface area contributed by atoms with Crippen molar-refractivity contribution in [2.75, 3.05) is 0 Å². The minimum atomic E-state index is -0.199. The fourth-order valence-corrected chi connectivity index (χ4v) is 0.533. The minimum Gasteiger partial charge on any atom is -0.295 e. The first-order valence-electron chi connectivity index (χ1n) is 2.56. The molecule has 1 aromatic heterocycles. The van der Waals surface area contributed by atoms with Crippen molar-refractivity contribution >= 4 is 0 Å². The van der Waals surface area contributed by atoms with Crippen LogP contribution in [0.5, 0.6) is 0 Å². The van der Waals surface area contributed by atoms with E-state index in [4.69, 9.17) is 0 Å². The standard InChI is InChI=1S/C5H7N3O/c1-2-3-8-5(9)6-4-7-8/h2,4H,1,3H2,(H,6,7,9). The molecule has 0 aliphatic heterocycles. The number of rotatable bonds is 2. The average molecular weight is 125 g/mol. The van der Waals surface area contributed by atoms with Gasteiger partial charge in [-0.15, -0.1) is 6.58 Å². The number of H-pyrrole nitrogens is 1. The predicted molar refractivity (Wildman–Crippen MR) is 33.0 cm³/mol. The third-order valence-corrected chi connectivity index (χ3v) is 0.922. The summed E-state index contributed by atoms with van der Waals surface area (Å²) in [5.74, 6) is 0. The largest absolute Gasteiger partial charge is 0.343 e. The molecule has 0 unspecified atom stereocenters. The maximum Gasteiger partial charge on any atom is 0.343 e. The molecule has 0 saturated heterocycles. The van der Waals surface area contributed by atoms with Gasteiger partial charge in [-0.25, -0.2) is 9.48 Å². The highest BCUT2D eigenvalue weighted by molar-refractivity contribution is 4.69. The highest BCUT2D eigenvalue weighted by atomic mass is 16.1. The topological polar surface area (TPSA) is 50.7 Å². The highest BCUT2D eigenvalue weighted by Crippen LogP contribution is 1.71. The molecule has 48 valence electrons. The maximum atomic E-state index is 10.6. The summed E-state index contributed by atoms with van der Waals surface area (Å²) in [5.41, 5.74) is -0.199. The first kappa shape index (κ1) is 5.81. The van der Waals surface area contributed by atoms with Gasteiger partial charge in [-0.1, -0.05) is 6.08 Å². The first-order valence-corrected chi connectivity index (χ1v) is 2.56. The van der Waals surface area contributed by atoms with Crippen molar-refractivity contribution in [2.45, 2.75) is 6.54 Å². The van der Waals surface area contributed by atoms with E-state index in [1.165, 1.54) is 11.0 Å². The molecule has 0 saturated carbocycles. The van der Waals surface area contributed by atoms with Crippen molar-refractivity contribution in [3.05, 3.63) is 29.5 Å². The second-order valence-corrected chi connectivity index (χ2v) is 1.56. The fraction of sp³-hybridized carbons (Fsp3) is 0.200. The maximum absolute atomic E-state index is 10.6. The highest BCUT2D eigenvalue weighted by Gasteiger charge is 1.90. The Labute approximate surface area is 51.8 Å². The Morgan fingerprint density at radius 1 is 2.00 bits per heavy atom. The number of hydrogen-bond donors (Lipinski definition) is 1. The molecule has 0 fully saturated rings. The van der Waals surface area contributed by atoms with Crippen LogP contribution >= 0.6 is 0 Å². The van der Waals surface area contributed by atoms with Crippen molar-refractivity contribution in [1.82, 2.24) is 14.8 Å². The summed E-state index contributed by atoms with van der Waals surface area (Å²) in [6, 6.07) is 0. The van der Waals surface area contributed by atoms with Crippen LogP contribution < -0.4 is 5.69 Å². The number of hydrogen-bond acceptors (Lipinski definition) is 2. The number of nitrogens with one attached hydrogen (secondary N) is 1. The average Bonchev–Trinajstić information content (AvgIpc) is 2.18. The summed E-state index contributed by atoms with van der Waals surface area (Å²) in [4.78, 5) is 13.0. The van der Waals surface area contributed by atoms with Gasteiger partial charge in [0.05, 0.1) is 6.54 Å². The molecule has 4 nitrogen and oxygen atoms in total. The smallest absolute Gasteiger partial charge is 0.295 e. The van der Waals surface area contributed by atoms with Crippen molar-refractivity contribution in [2.24, 2.45) is 0 Å². The molecule has 4 heteroatoms. The molecular weight excluding hydrogens is 118 g/mol. The van der Waals surface area contributed by atoms with E-state index in [1.54, 1.807) is 6.08 Å². The van der Waals surface area contributed by atoms with Gasteiger partial charge < -0.3 is 0 Å². The van der Waals surface area contributed by atoms with Crippen LogP contribution in [0.15, 0.2) is 23.8 Å². The van der Waals surface area contributed by atoms with E-state index in [0.717, 1.165) is 0 Å². The van der Waals surface area contributed by atoms with Crippen molar-refractivity contribution in [1.29, 1.82) is 0 Å². The van der Waals surface area contributed by atoms with Crippen LogP contribution in [-0.2, 0) is 6.54 Å². The molecule has 1 aromatic rings. The molecule has 0 aliphatic rings. The lowest BCUT2D eigenvalue weighted by atomic mass is 10.6. The summed E-state index contributed by atoms with van der Waals surface area (Å²) in [6.07, 6.45) is 2.97. The van der Waals surface area contributed by atoms with Gasteiger partial charge in [0.1, 0.15) is 6.33 Å². The van der Waals surface area contributed by atoms with Crippen LogP contribution in [0.4, 0.5) is 0 Å². The monoisotopic (exact) mass is 125 g/mol. The molecule has 0 amide bonds. The summed E-state index contributed by atoms with van der Waals surface area (Å²) in [6.45, 7) is 3.92. The Bertz CT molecular complexity index is 247. The molecule has 9 heavy (non-hydrogen) atoms. The van der Waals surface area contributed by atoms with Gasteiger partial charge >= 0.3 is 5.69 Å². The Kier molecular flexibility index (Phi) is 1.48. The Morgan fingerprint density at radius 2 is 2.78 bits per heavy atom. The molecule has 1 rings (SSSR count). The van der Waals surface area contributed by atoms with E-state index >= 15 is 0 Å². The normalized spacial score (nSPS) is 9.33. The molecular formula is C5H7N3O. The molecule has 1 heterocycles. The van der Waals surface area contributed by atoms with Crippen LogP contribution in [0.2, 0.25) is 0 Å². The quantitative estimate of drug-likeness (QED) is 0.554. The summed E-state index contributed by atoms with van der Waals surface area (Å²) >= 11 is 0. The molecule has 0 atom stereocenters. The summed E-state index contributed by atoms with van der Waals surface area (Å²) in [5, 5.41) is 3.68. The lowest BCUT2D eigenvalue weighted by molar-refractivity contribution is 0.673. The fourth-order valence-electron chi connectivity index (χ4n) is 0.533. The molecule has 0 aliphatic carbocycles. The van der Waals surface area contributed by atoms with Gasteiger partial charge in [-0.05, 0) is 0 Å².